The van der Waals surface area contributed by atoms with Gasteiger partial charge in [0.2, 0.25) is 0 Å². The Morgan fingerprint density at radius 3 is 1.68 bits per heavy atom. The third-order valence-electron chi connectivity index (χ3n) is 6.79. The van der Waals surface area contributed by atoms with Crippen LogP contribution in [0.15, 0.2) is 108 Å². The summed E-state index contributed by atoms with van der Waals surface area (Å²) in [7, 11) is 8.29. The molecule has 0 amide bonds. The first-order chi connectivity index (χ1) is 17.9. The molecule has 37 heavy (non-hydrogen) atoms. The van der Waals surface area contributed by atoms with Gasteiger partial charge >= 0.3 is 0 Å². The Kier molecular flexibility index (Phi) is 6.78. The number of nitrogens with zero attached hydrogens (tertiary/aromatic N) is 3. The Bertz CT molecular complexity index is 1430. The van der Waals surface area contributed by atoms with Crippen molar-refractivity contribution in [1.29, 1.82) is 0 Å². The van der Waals surface area contributed by atoms with E-state index in [2.05, 4.69) is 154 Å². The predicted octanol–water partition coefficient (Wildman–Crippen LogP) is 7.89. The SMILES string of the molecule is Cc1ccc(N=C2C=Cc3ccccc3C2=C(c2ccc(N(C)C)cc2)c2ccc(N(C)C)cc2)cc1. The van der Waals surface area contributed by atoms with Crippen LogP contribution in [0, 0.1) is 6.92 Å². The highest BCUT2D eigenvalue weighted by Crippen LogP contribution is 2.39. The van der Waals surface area contributed by atoms with E-state index in [0.29, 0.717) is 0 Å². The molecule has 4 aromatic carbocycles. The zero-order chi connectivity index (χ0) is 25.9. The van der Waals surface area contributed by atoms with Crippen LogP contribution in [0.2, 0.25) is 0 Å². The van der Waals surface area contributed by atoms with E-state index in [1.165, 1.54) is 44.8 Å². The van der Waals surface area contributed by atoms with Crippen LogP contribution in [0.5, 0.6) is 0 Å². The largest absolute Gasteiger partial charge is 0.378 e. The van der Waals surface area contributed by atoms with Crippen molar-refractivity contribution < 1.29 is 0 Å². The summed E-state index contributed by atoms with van der Waals surface area (Å²) in [4.78, 5) is 9.42. The standard InChI is InChI=1S/C34H33N3/c1-24-10-17-28(18-11-24)35-32-23-16-25-8-6-7-9-31(25)34(32)33(26-12-19-29(20-13-26)36(2)3)27-14-21-30(22-15-27)37(4)5/h6-23H,1-5H3. The fourth-order valence-corrected chi connectivity index (χ4v) is 4.68. The predicted molar refractivity (Wildman–Crippen MR) is 161 cm³/mol. The van der Waals surface area contributed by atoms with Crippen LogP contribution in [-0.4, -0.2) is 33.9 Å². The monoisotopic (exact) mass is 483 g/mol. The fourth-order valence-electron chi connectivity index (χ4n) is 4.68. The summed E-state index contributed by atoms with van der Waals surface area (Å²) < 4.78 is 0. The number of aliphatic imine (C=N–C) groups is 1. The van der Waals surface area contributed by atoms with Gasteiger partial charge in [-0.15, -0.1) is 0 Å². The Morgan fingerprint density at radius 2 is 1.14 bits per heavy atom. The molecule has 1 aliphatic rings. The van der Waals surface area contributed by atoms with E-state index in [9.17, 15) is 0 Å². The molecule has 0 fully saturated rings. The maximum Gasteiger partial charge on any atom is 0.0722 e. The molecule has 0 aromatic heterocycles. The van der Waals surface area contributed by atoms with E-state index >= 15 is 0 Å². The third-order valence-corrected chi connectivity index (χ3v) is 6.79. The highest BCUT2D eigenvalue weighted by molar-refractivity contribution is 6.39. The Balaban J connectivity index is 1.80. The van der Waals surface area contributed by atoms with Crippen LogP contribution in [0.4, 0.5) is 17.1 Å². The van der Waals surface area contributed by atoms with Gasteiger partial charge in [-0.2, -0.15) is 0 Å². The number of rotatable bonds is 5. The van der Waals surface area contributed by atoms with Crippen molar-refractivity contribution in [3.63, 3.8) is 0 Å². The van der Waals surface area contributed by atoms with Gasteiger partial charge in [-0.25, -0.2) is 4.99 Å². The summed E-state index contributed by atoms with van der Waals surface area (Å²) in [5.74, 6) is 0. The average molecular weight is 484 g/mol. The van der Waals surface area contributed by atoms with E-state index < -0.39 is 0 Å². The number of benzene rings is 4. The molecule has 0 radical (unpaired) electrons. The molecule has 3 nitrogen and oxygen atoms in total. The molecule has 0 saturated carbocycles. The minimum Gasteiger partial charge on any atom is -0.378 e. The second kappa shape index (κ2) is 10.3. The van der Waals surface area contributed by atoms with Crippen LogP contribution in [-0.2, 0) is 0 Å². The minimum atomic E-state index is 0.951. The first-order valence-corrected chi connectivity index (χ1v) is 12.6. The maximum absolute atomic E-state index is 5.16. The molecule has 0 spiro atoms. The van der Waals surface area contributed by atoms with Crippen LogP contribution in [0.25, 0.3) is 17.2 Å². The Hall–Kier alpha value is -4.37. The second-order valence-corrected chi connectivity index (χ2v) is 9.89. The topological polar surface area (TPSA) is 18.8 Å². The van der Waals surface area contributed by atoms with E-state index in [1.54, 1.807) is 0 Å². The smallest absolute Gasteiger partial charge is 0.0722 e. The summed E-state index contributed by atoms with van der Waals surface area (Å²) in [6.45, 7) is 2.10. The molecular formula is C34H33N3. The van der Waals surface area contributed by atoms with Gasteiger partial charge in [0.05, 0.1) is 11.4 Å². The number of aryl methyl sites for hydroxylation is 1. The highest BCUT2D eigenvalue weighted by Gasteiger charge is 2.22. The lowest BCUT2D eigenvalue weighted by atomic mass is 9.82. The molecular weight excluding hydrogens is 450 g/mol. The van der Waals surface area contributed by atoms with Gasteiger partial charge in [0.15, 0.2) is 0 Å². The van der Waals surface area contributed by atoms with Crippen molar-refractivity contribution >= 4 is 40.0 Å². The van der Waals surface area contributed by atoms with Crippen molar-refractivity contribution in [3.05, 3.63) is 131 Å². The molecule has 4 aromatic rings. The van der Waals surface area contributed by atoms with E-state index in [4.69, 9.17) is 4.99 Å². The molecule has 0 aliphatic heterocycles. The highest BCUT2D eigenvalue weighted by atomic mass is 15.1. The summed E-state index contributed by atoms with van der Waals surface area (Å²) in [5, 5.41) is 0. The van der Waals surface area contributed by atoms with Crippen molar-refractivity contribution in [1.82, 2.24) is 0 Å². The molecule has 5 rings (SSSR count). The molecule has 3 heteroatoms. The molecule has 0 N–H and O–H groups in total. The number of fused-ring (bicyclic) bond motifs is 1. The molecule has 1 aliphatic carbocycles. The summed E-state index contributed by atoms with van der Waals surface area (Å²) in [6.07, 6.45) is 4.33. The van der Waals surface area contributed by atoms with E-state index in [-0.39, 0.29) is 0 Å². The van der Waals surface area contributed by atoms with Crippen LogP contribution in [0.1, 0.15) is 27.8 Å². The molecule has 0 atom stereocenters. The number of hydrogen-bond acceptors (Lipinski definition) is 3. The van der Waals surface area contributed by atoms with Gasteiger partial charge in [0.25, 0.3) is 0 Å². The summed E-state index contributed by atoms with van der Waals surface area (Å²) >= 11 is 0. The van der Waals surface area contributed by atoms with Crippen LogP contribution < -0.4 is 9.80 Å². The van der Waals surface area contributed by atoms with Crippen LogP contribution in [0.3, 0.4) is 0 Å². The van der Waals surface area contributed by atoms with Gasteiger partial charge in [-0.3, -0.25) is 0 Å². The van der Waals surface area contributed by atoms with Gasteiger partial charge < -0.3 is 9.80 Å². The Morgan fingerprint density at radius 1 is 0.595 bits per heavy atom. The molecule has 0 heterocycles. The lowest BCUT2D eigenvalue weighted by Crippen LogP contribution is -2.11. The molecule has 0 saturated heterocycles. The van der Waals surface area contributed by atoms with E-state index in [0.717, 1.165) is 17.0 Å². The van der Waals surface area contributed by atoms with Crippen molar-refractivity contribution in [3.8, 4) is 0 Å². The number of anilines is 2. The van der Waals surface area contributed by atoms with Crippen molar-refractivity contribution in [2.45, 2.75) is 6.92 Å². The van der Waals surface area contributed by atoms with E-state index in [1.807, 2.05) is 0 Å². The minimum absolute atomic E-state index is 0.951. The first kappa shape index (κ1) is 24.3. The quantitative estimate of drug-likeness (QED) is 0.287. The molecule has 184 valence electrons. The first-order valence-electron chi connectivity index (χ1n) is 12.6. The normalized spacial score (nSPS) is 13.4. The number of allylic oxidation sites excluding steroid dienone is 2. The average Bonchev–Trinajstić information content (AvgIpc) is 2.91. The lowest BCUT2D eigenvalue weighted by molar-refractivity contribution is 1.13. The summed E-state index contributed by atoms with van der Waals surface area (Å²) in [6, 6.07) is 34.6. The fraction of sp³-hybridized carbons (Fsp3) is 0.147. The van der Waals surface area contributed by atoms with Crippen molar-refractivity contribution in [2.75, 3.05) is 38.0 Å². The third kappa shape index (κ3) is 5.12. The van der Waals surface area contributed by atoms with Gasteiger partial charge in [0.1, 0.15) is 0 Å². The second-order valence-electron chi connectivity index (χ2n) is 9.89. The maximum atomic E-state index is 5.16. The van der Waals surface area contributed by atoms with Gasteiger partial charge in [-0.1, -0.05) is 72.3 Å². The van der Waals surface area contributed by atoms with Gasteiger partial charge in [0, 0.05) is 45.1 Å². The molecule has 0 bridgehead atoms. The number of hydrogen-bond donors (Lipinski definition) is 0. The zero-order valence-corrected chi connectivity index (χ0v) is 22.2. The molecule has 0 unspecified atom stereocenters. The summed E-state index contributed by atoms with van der Waals surface area (Å²) in [5.41, 5.74) is 12.5. The zero-order valence-electron chi connectivity index (χ0n) is 22.2. The Labute approximate surface area is 220 Å². The van der Waals surface area contributed by atoms with Crippen LogP contribution >= 0.6 is 0 Å². The van der Waals surface area contributed by atoms with Crippen molar-refractivity contribution in [2.24, 2.45) is 4.99 Å². The van der Waals surface area contributed by atoms with Gasteiger partial charge in [-0.05, 0) is 77.2 Å². The lowest BCUT2D eigenvalue weighted by Gasteiger charge is -2.23.